The van der Waals surface area contributed by atoms with Crippen molar-refractivity contribution in [2.45, 2.75) is 12.8 Å². The van der Waals surface area contributed by atoms with Crippen LogP contribution in [0.3, 0.4) is 0 Å². The number of ether oxygens (including phenoxy) is 2. The molecule has 8 heteroatoms. The van der Waals surface area contributed by atoms with Gasteiger partial charge < -0.3 is 19.7 Å². The number of hydrogen-bond donors (Lipinski definition) is 2. The van der Waals surface area contributed by atoms with Gasteiger partial charge in [-0.25, -0.2) is 0 Å². The predicted octanol–water partition coefficient (Wildman–Crippen LogP) is 3.77. The molecule has 26 heavy (non-hydrogen) atoms. The van der Waals surface area contributed by atoms with E-state index in [0.717, 1.165) is 0 Å². The molecule has 0 aromatic heterocycles. The molecule has 0 saturated heterocycles. The molecule has 2 aromatic carbocycles. The van der Waals surface area contributed by atoms with Gasteiger partial charge in [0.05, 0.1) is 12.8 Å². The first-order chi connectivity index (χ1) is 12.5. The van der Waals surface area contributed by atoms with Gasteiger partial charge in [-0.2, -0.15) is 0 Å². The maximum Gasteiger partial charge on any atom is 0.312 e. The van der Waals surface area contributed by atoms with Gasteiger partial charge >= 0.3 is 11.9 Å². The summed E-state index contributed by atoms with van der Waals surface area (Å²) in [5, 5.41) is 18.6. The van der Waals surface area contributed by atoms with Crippen molar-refractivity contribution in [3.63, 3.8) is 0 Å². The maximum absolute atomic E-state index is 11.7. The number of esters is 2. The quantitative estimate of drug-likeness (QED) is 0.287. The Balaban J connectivity index is 1.55. The first-order valence-electron chi connectivity index (χ1n) is 7.77. The second-order valence-corrected chi connectivity index (χ2v) is 7.79. The van der Waals surface area contributed by atoms with E-state index in [1.165, 1.54) is 45.9 Å². The van der Waals surface area contributed by atoms with Crippen LogP contribution in [0.4, 0.5) is 0 Å². The minimum absolute atomic E-state index is 0.0397. The molecular weight excluding hydrogens is 376 g/mol. The third-order valence-corrected chi connectivity index (χ3v) is 5.37. The highest BCUT2D eigenvalue weighted by atomic mass is 33.1. The van der Waals surface area contributed by atoms with Crippen molar-refractivity contribution in [1.82, 2.24) is 0 Å². The molecule has 0 bridgehead atoms. The van der Waals surface area contributed by atoms with Crippen LogP contribution in [0.1, 0.15) is 12.8 Å². The topological polar surface area (TPSA) is 93.1 Å². The molecule has 0 spiro atoms. The van der Waals surface area contributed by atoms with Gasteiger partial charge in [0.25, 0.3) is 0 Å². The van der Waals surface area contributed by atoms with Gasteiger partial charge in [0, 0.05) is 23.6 Å². The van der Waals surface area contributed by atoms with Crippen molar-refractivity contribution in [2.75, 3.05) is 11.5 Å². The number of phenolic OH excluding ortho intramolecular Hbond substituents is 2. The lowest BCUT2D eigenvalue weighted by atomic mass is 10.3. The first-order valence-corrected chi connectivity index (χ1v) is 10.3. The Hall–Kier alpha value is -2.32. The van der Waals surface area contributed by atoms with E-state index in [9.17, 15) is 19.8 Å². The molecule has 0 saturated carbocycles. The molecule has 0 fully saturated rings. The molecule has 2 rings (SSSR count). The molecule has 0 heterocycles. The Morgan fingerprint density at radius 2 is 1.19 bits per heavy atom. The van der Waals surface area contributed by atoms with Crippen LogP contribution in [0.5, 0.6) is 23.0 Å². The number of carbonyl (C=O) groups excluding carboxylic acids is 2. The summed E-state index contributed by atoms with van der Waals surface area (Å²) >= 11 is 0. The summed E-state index contributed by atoms with van der Waals surface area (Å²) in [6.07, 6.45) is 0.447. The van der Waals surface area contributed by atoms with Crippen LogP contribution in [0.2, 0.25) is 0 Å². The maximum atomic E-state index is 11.7. The molecule has 6 nitrogen and oxygen atoms in total. The van der Waals surface area contributed by atoms with E-state index in [0.29, 0.717) is 23.0 Å². The third kappa shape index (κ3) is 7.71. The van der Waals surface area contributed by atoms with Crippen LogP contribution in [-0.4, -0.2) is 33.7 Å². The van der Waals surface area contributed by atoms with Gasteiger partial charge in [0.15, 0.2) is 0 Å². The van der Waals surface area contributed by atoms with Crippen molar-refractivity contribution in [2.24, 2.45) is 0 Å². The third-order valence-electron chi connectivity index (χ3n) is 2.96. The number of carbonyl (C=O) groups is 2. The Kier molecular flexibility index (Phi) is 8.17. The first kappa shape index (κ1) is 20.0. The van der Waals surface area contributed by atoms with E-state index in [1.807, 2.05) is 0 Å². The van der Waals surface area contributed by atoms with Gasteiger partial charge in [-0.3, -0.25) is 9.59 Å². The van der Waals surface area contributed by atoms with Crippen LogP contribution in [0, 0.1) is 0 Å². The van der Waals surface area contributed by atoms with Crippen LogP contribution >= 0.6 is 21.6 Å². The van der Waals surface area contributed by atoms with Gasteiger partial charge in [-0.1, -0.05) is 33.7 Å². The van der Waals surface area contributed by atoms with E-state index in [4.69, 9.17) is 9.47 Å². The Morgan fingerprint density at radius 3 is 1.58 bits per heavy atom. The van der Waals surface area contributed by atoms with E-state index < -0.39 is 0 Å². The highest BCUT2D eigenvalue weighted by molar-refractivity contribution is 8.76. The van der Waals surface area contributed by atoms with Crippen molar-refractivity contribution >= 4 is 33.5 Å². The molecule has 2 N–H and O–H groups in total. The normalized spacial score (nSPS) is 10.3. The SMILES string of the molecule is O=C(CCSSCCC(=O)Oc1cccc(O)c1)Oc1cccc(O)c1. The predicted molar refractivity (Wildman–Crippen MR) is 102 cm³/mol. The molecule has 0 aliphatic rings. The number of hydrogen-bond acceptors (Lipinski definition) is 8. The van der Waals surface area contributed by atoms with Crippen molar-refractivity contribution in [3.8, 4) is 23.0 Å². The molecule has 0 unspecified atom stereocenters. The smallest absolute Gasteiger partial charge is 0.312 e. The molecule has 2 aromatic rings. The summed E-state index contributed by atoms with van der Waals surface area (Å²) < 4.78 is 10.2. The molecule has 0 amide bonds. The second-order valence-electron chi connectivity index (χ2n) is 5.09. The fraction of sp³-hybridized carbons (Fsp3) is 0.222. The average Bonchev–Trinajstić information content (AvgIpc) is 2.58. The van der Waals surface area contributed by atoms with Crippen molar-refractivity contribution < 1.29 is 29.3 Å². The minimum atomic E-state index is -0.382. The average molecular weight is 394 g/mol. The van der Waals surface area contributed by atoms with Crippen LogP contribution in [0.15, 0.2) is 48.5 Å². The largest absolute Gasteiger partial charge is 0.508 e. The molecule has 138 valence electrons. The lowest BCUT2D eigenvalue weighted by Gasteiger charge is -2.05. The molecule has 0 aliphatic carbocycles. The highest BCUT2D eigenvalue weighted by Gasteiger charge is 2.08. The summed E-state index contributed by atoms with van der Waals surface area (Å²) in [4.78, 5) is 23.3. The van der Waals surface area contributed by atoms with Gasteiger partial charge in [-0.05, 0) is 24.3 Å². The number of rotatable bonds is 9. The van der Waals surface area contributed by atoms with E-state index in [2.05, 4.69) is 0 Å². The summed E-state index contributed by atoms with van der Waals surface area (Å²) in [5.74, 6) is 1.02. The zero-order valence-corrected chi connectivity index (χ0v) is 15.4. The Bertz CT molecular complexity index is 686. The van der Waals surface area contributed by atoms with Crippen LogP contribution < -0.4 is 9.47 Å². The summed E-state index contributed by atoms with van der Waals surface area (Å²) in [5.41, 5.74) is 0. The monoisotopic (exact) mass is 394 g/mol. The van der Waals surface area contributed by atoms with Crippen LogP contribution in [0.25, 0.3) is 0 Å². The van der Waals surface area contributed by atoms with Gasteiger partial charge in [-0.15, -0.1) is 0 Å². The zero-order chi connectivity index (χ0) is 18.8. The van der Waals surface area contributed by atoms with Crippen molar-refractivity contribution in [3.05, 3.63) is 48.5 Å². The summed E-state index contributed by atoms with van der Waals surface area (Å²) in [7, 11) is 2.93. The number of aromatic hydroxyl groups is 2. The molecule has 0 aliphatic heterocycles. The standard InChI is InChI=1S/C18H18O6S2/c19-13-3-1-5-15(11-13)23-17(21)7-9-25-26-10-8-18(22)24-16-6-2-4-14(20)12-16/h1-6,11-12,19-20H,7-10H2. The van der Waals surface area contributed by atoms with Crippen molar-refractivity contribution in [1.29, 1.82) is 0 Å². The minimum Gasteiger partial charge on any atom is -0.508 e. The van der Waals surface area contributed by atoms with E-state index >= 15 is 0 Å². The Labute approximate surface area is 158 Å². The fourth-order valence-corrected chi connectivity index (χ4v) is 3.77. The highest BCUT2D eigenvalue weighted by Crippen LogP contribution is 2.24. The second kappa shape index (κ2) is 10.6. The summed E-state index contributed by atoms with van der Waals surface area (Å²) in [6.45, 7) is 0. The van der Waals surface area contributed by atoms with E-state index in [1.54, 1.807) is 24.3 Å². The lowest BCUT2D eigenvalue weighted by molar-refractivity contribution is -0.134. The molecule has 0 radical (unpaired) electrons. The molecular formula is C18H18O6S2. The Morgan fingerprint density at radius 1 is 0.769 bits per heavy atom. The lowest BCUT2D eigenvalue weighted by Crippen LogP contribution is -2.09. The van der Waals surface area contributed by atoms with Gasteiger partial charge in [0.2, 0.25) is 0 Å². The zero-order valence-electron chi connectivity index (χ0n) is 13.8. The van der Waals surface area contributed by atoms with E-state index in [-0.39, 0.29) is 36.3 Å². The number of benzene rings is 2. The van der Waals surface area contributed by atoms with Gasteiger partial charge in [0.1, 0.15) is 23.0 Å². The number of phenols is 2. The summed E-state index contributed by atoms with van der Waals surface area (Å²) in [6, 6.07) is 12.1. The fourth-order valence-electron chi connectivity index (χ4n) is 1.83. The van der Waals surface area contributed by atoms with Crippen LogP contribution in [-0.2, 0) is 9.59 Å². The molecule has 0 atom stereocenters.